The van der Waals surface area contributed by atoms with Crippen LogP contribution in [0.3, 0.4) is 0 Å². The molecule has 1 nitrogen and oxygen atoms in total. The van der Waals surface area contributed by atoms with Gasteiger partial charge in [0.25, 0.3) is 0 Å². The van der Waals surface area contributed by atoms with Crippen LogP contribution in [0.25, 0.3) is 0 Å². The van der Waals surface area contributed by atoms with Crippen molar-refractivity contribution in [2.45, 2.75) is 6.42 Å². The van der Waals surface area contributed by atoms with Crippen molar-refractivity contribution in [3.05, 3.63) is 54.7 Å². The van der Waals surface area contributed by atoms with Crippen LogP contribution in [-0.4, -0.2) is 5.78 Å². The molecule has 0 saturated heterocycles. The van der Waals surface area contributed by atoms with Gasteiger partial charge >= 0.3 is 0 Å². The van der Waals surface area contributed by atoms with Crippen LogP contribution in [0, 0.1) is 3.57 Å². The highest BCUT2D eigenvalue weighted by atomic mass is 127. The van der Waals surface area contributed by atoms with E-state index >= 15 is 0 Å². The maximum absolute atomic E-state index is 11.9. The first-order valence-electron chi connectivity index (χ1n) is 4.67. The molecule has 82 valence electrons. The van der Waals surface area contributed by atoms with Crippen molar-refractivity contribution in [1.82, 2.24) is 0 Å². The van der Waals surface area contributed by atoms with Gasteiger partial charge in [-0.25, -0.2) is 0 Å². The van der Waals surface area contributed by atoms with Gasteiger partial charge < -0.3 is 0 Å². The van der Waals surface area contributed by atoms with Gasteiger partial charge in [-0.05, 0) is 51.7 Å². The normalized spacial score (nSPS) is 10.4. The van der Waals surface area contributed by atoms with Crippen molar-refractivity contribution in [2.24, 2.45) is 0 Å². The molecular formula is C12H8ClIOS. The lowest BCUT2D eigenvalue weighted by molar-refractivity contribution is 0.0997. The maximum atomic E-state index is 11.9. The van der Waals surface area contributed by atoms with Gasteiger partial charge in [-0.1, -0.05) is 23.7 Å². The third kappa shape index (κ3) is 2.84. The number of hydrogen-bond acceptors (Lipinski definition) is 2. The molecule has 0 saturated carbocycles. The minimum Gasteiger partial charge on any atom is -0.293 e. The van der Waals surface area contributed by atoms with Gasteiger partial charge in [0.1, 0.15) is 0 Å². The lowest BCUT2D eigenvalue weighted by atomic mass is 10.1. The molecule has 0 aliphatic heterocycles. The summed E-state index contributed by atoms with van der Waals surface area (Å²) in [6, 6.07) is 9.70. The van der Waals surface area contributed by atoms with E-state index in [1.54, 1.807) is 6.07 Å². The molecule has 0 unspecified atom stereocenters. The highest BCUT2D eigenvalue weighted by Gasteiger charge is 2.12. The molecule has 0 aliphatic carbocycles. The topological polar surface area (TPSA) is 17.1 Å². The van der Waals surface area contributed by atoms with E-state index in [1.807, 2.05) is 29.6 Å². The zero-order valence-electron chi connectivity index (χ0n) is 8.24. The number of carbonyl (C=O) groups excluding carboxylic acids is 1. The van der Waals surface area contributed by atoms with E-state index in [4.69, 9.17) is 11.6 Å². The lowest BCUT2D eigenvalue weighted by Gasteiger charge is -2.00. The summed E-state index contributed by atoms with van der Waals surface area (Å²) in [6.07, 6.45) is 0.414. The Hall–Kier alpha value is -0.390. The Balaban J connectivity index is 2.14. The van der Waals surface area contributed by atoms with Crippen LogP contribution in [0.2, 0.25) is 5.02 Å². The minimum absolute atomic E-state index is 0.0845. The molecule has 0 aliphatic rings. The van der Waals surface area contributed by atoms with Gasteiger partial charge in [0.05, 0.1) is 9.90 Å². The van der Waals surface area contributed by atoms with Gasteiger partial charge in [-0.15, -0.1) is 11.3 Å². The van der Waals surface area contributed by atoms with Crippen LogP contribution in [-0.2, 0) is 6.42 Å². The fraction of sp³-hybridized carbons (Fsp3) is 0.0833. The molecule has 16 heavy (non-hydrogen) atoms. The third-order valence-electron chi connectivity index (χ3n) is 2.15. The van der Waals surface area contributed by atoms with Gasteiger partial charge in [-0.3, -0.25) is 4.79 Å². The SMILES string of the molecule is O=C(Cc1ccc(I)cc1)c1sccc1Cl. The summed E-state index contributed by atoms with van der Waals surface area (Å²) < 4.78 is 1.17. The van der Waals surface area contributed by atoms with Crippen LogP contribution in [0.1, 0.15) is 15.2 Å². The molecule has 0 atom stereocenters. The Morgan fingerprint density at radius 3 is 2.50 bits per heavy atom. The number of thiophene rings is 1. The Labute approximate surface area is 117 Å². The van der Waals surface area contributed by atoms with E-state index in [1.165, 1.54) is 14.9 Å². The molecule has 0 N–H and O–H groups in total. The number of ketones is 1. The summed E-state index contributed by atoms with van der Waals surface area (Å²) in [7, 11) is 0. The molecule has 0 spiro atoms. The molecule has 0 amide bonds. The third-order valence-corrected chi connectivity index (χ3v) is 4.25. The lowest BCUT2D eigenvalue weighted by Crippen LogP contribution is -2.01. The molecule has 2 rings (SSSR count). The van der Waals surface area contributed by atoms with Crippen LogP contribution in [0.4, 0.5) is 0 Å². The molecule has 0 radical (unpaired) electrons. The zero-order chi connectivity index (χ0) is 11.5. The van der Waals surface area contributed by atoms with Crippen LogP contribution >= 0.6 is 45.5 Å². The van der Waals surface area contributed by atoms with E-state index < -0.39 is 0 Å². The molecule has 1 aromatic heterocycles. The summed E-state index contributed by atoms with van der Waals surface area (Å²) in [5.41, 5.74) is 1.02. The average Bonchev–Trinajstić information content (AvgIpc) is 2.68. The zero-order valence-corrected chi connectivity index (χ0v) is 12.0. The van der Waals surface area contributed by atoms with Gasteiger partial charge in [0.2, 0.25) is 0 Å². The van der Waals surface area contributed by atoms with Crippen molar-refractivity contribution in [2.75, 3.05) is 0 Å². The van der Waals surface area contributed by atoms with Crippen molar-refractivity contribution in [3.8, 4) is 0 Å². The van der Waals surface area contributed by atoms with Crippen molar-refractivity contribution in [1.29, 1.82) is 0 Å². The fourth-order valence-corrected chi connectivity index (χ4v) is 2.82. The second-order valence-corrected chi connectivity index (χ2v) is 5.89. The second-order valence-electron chi connectivity index (χ2n) is 3.32. The summed E-state index contributed by atoms with van der Waals surface area (Å²) in [5, 5.41) is 2.39. The van der Waals surface area contributed by atoms with Gasteiger partial charge in [0.15, 0.2) is 5.78 Å². The number of halogens is 2. The van der Waals surface area contributed by atoms with Crippen molar-refractivity contribution in [3.63, 3.8) is 0 Å². The van der Waals surface area contributed by atoms with E-state index in [-0.39, 0.29) is 5.78 Å². The first-order chi connectivity index (χ1) is 7.66. The highest BCUT2D eigenvalue weighted by Crippen LogP contribution is 2.23. The Morgan fingerprint density at radius 1 is 1.25 bits per heavy atom. The van der Waals surface area contributed by atoms with E-state index in [2.05, 4.69) is 22.6 Å². The van der Waals surface area contributed by atoms with Crippen molar-refractivity contribution >= 4 is 51.3 Å². The molecule has 0 bridgehead atoms. The summed E-state index contributed by atoms with van der Waals surface area (Å²) >= 11 is 9.55. The number of Topliss-reactive ketones (excluding diaryl/α,β-unsaturated/α-hetero) is 1. The van der Waals surface area contributed by atoms with Crippen molar-refractivity contribution < 1.29 is 4.79 Å². The number of hydrogen-bond donors (Lipinski definition) is 0. The summed E-state index contributed by atoms with van der Waals surface area (Å²) in [4.78, 5) is 12.6. The fourth-order valence-electron chi connectivity index (χ4n) is 1.36. The predicted molar refractivity (Wildman–Crippen MR) is 76.5 cm³/mol. The van der Waals surface area contributed by atoms with E-state index in [0.29, 0.717) is 16.3 Å². The number of benzene rings is 1. The smallest absolute Gasteiger partial charge is 0.178 e. The summed E-state index contributed by atoms with van der Waals surface area (Å²) in [5.74, 6) is 0.0845. The molecule has 1 aromatic carbocycles. The first-order valence-corrected chi connectivity index (χ1v) is 7.01. The maximum Gasteiger partial charge on any atom is 0.178 e. The quantitative estimate of drug-likeness (QED) is 0.583. The Bertz CT molecular complexity index is 504. The Kier molecular flexibility index (Phi) is 4.00. The number of rotatable bonds is 3. The van der Waals surface area contributed by atoms with Crippen LogP contribution in [0.15, 0.2) is 35.7 Å². The Morgan fingerprint density at radius 2 is 1.94 bits per heavy atom. The average molecular weight is 363 g/mol. The monoisotopic (exact) mass is 362 g/mol. The predicted octanol–water partition coefficient (Wildman–Crippen LogP) is 4.43. The van der Waals surface area contributed by atoms with Crippen LogP contribution < -0.4 is 0 Å². The van der Waals surface area contributed by atoms with Crippen LogP contribution in [0.5, 0.6) is 0 Å². The molecule has 1 heterocycles. The standard InChI is InChI=1S/C12H8ClIOS/c13-10-5-6-16-12(10)11(15)7-8-1-3-9(14)4-2-8/h1-6H,7H2. The van der Waals surface area contributed by atoms with Gasteiger partial charge in [0, 0.05) is 9.99 Å². The minimum atomic E-state index is 0.0845. The first kappa shape index (κ1) is 12.1. The molecule has 2 aromatic rings. The molecule has 0 fully saturated rings. The molecule has 4 heteroatoms. The summed E-state index contributed by atoms with van der Waals surface area (Å²) in [6.45, 7) is 0. The van der Waals surface area contributed by atoms with Gasteiger partial charge in [-0.2, -0.15) is 0 Å². The number of carbonyl (C=O) groups is 1. The van der Waals surface area contributed by atoms with E-state index in [9.17, 15) is 4.79 Å². The highest BCUT2D eigenvalue weighted by molar-refractivity contribution is 14.1. The van der Waals surface area contributed by atoms with E-state index in [0.717, 1.165) is 5.56 Å². The largest absolute Gasteiger partial charge is 0.293 e. The molecular weight excluding hydrogens is 355 g/mol. The second kappa shape index (κ2) is 5.29.